The molecule has 1 fully saturated rings. The van der Waals surface area contributed by atoms with Gasteiger partial charge >= 0.3 is 0 Å². The van der Waals surface area contributed by atoms with Crippen LogP contribution < -0.4 is 10.1 Å². The van der Waals surface area contributed by atoms with Gasteiger partial charge in [-0.2, -0.15) is 0 Å². The van der Waals surface area contributed by atoms with Gasteiger partial charge in [0.2, 0.25) is 0 Å². The number of nitrogens with zero attached hydrogens (tertiary/aromatic N) is 2. The van der Waals surface area contributed by atoms with Gasteiger partial charge in [0.1, 0.15) is 11.5 Å². The van der Waals surface area contributed by atoms with E-state index < -0.39 is 0 Å². The number of aromatic nitrogens is 1. The molecule has 1 aliphatic rings. The number of carbonyl (C=O) groups is 2. The number of ether oxygens (including phenoxy) is 1. The van der Waals surface area contributed by atoms with Crippen LogP contribution in [0.4, 0.5) is 0 Å². The van der Waals surface area contributed by atoms with Crippen LogP contribution in [0, 0.1) is 20.8 Å². The van der Waals surface area contributed by atoms with Crippen molar-refractivity contribution in [2.24, 2.45) is 0 Å². The quantitative estimate of drug-likeness (QED) is 0.872. The highest BCUT2D eigenvalue weighted by Crippen LogP contribution is 2.19. The normalized spacial score (nSPS) is 14.9. The van der Waals surface area contributed by atoms with E-state index >= 15 is 0 Å². The van der Waals surface area contributed by atoms with Gasteiger partial charge in [-0.3, -0.25) is 9.59 Å². The summed E-state index contributed by atoms with van der Waals surface area (Å²) in [6, 6.07) is 7.55. The van der Waals surface area contributed by atoms with Crippen molar-refractivity contribution in [1.82, 2.24) is 15.4 Å². The number of benzene rings is 1. The van der Waals surface area contributed by atoms with E-state index in [2.05, 4.69) is 10.5 Å². The SMILES string of the molecule is Cc1ccc(OCC(=O)NC2CCN(C(=O)c3cc(C)on3)CC2)c(C)c1. The zero-order valence-electron chi connectivity index (χ0n) is 15.9. The molecule has 0 bridgehead atoms. The van der Waals surface area contributed by atoms with Crippen LogP contribution in [0.5, 0.6) is 5.75 Å². The molecule has 1 N–H and O–H groups in total. The lowest BCUT2D eigenvalue weighted by atomic mass is 10.0. The van der Waals surface area contributed by atoms with Crippen molar-refractivity contribution in [3.05, 3.63) is 46.8 Å². The van der Waals surface area contributed by atoms with E-state index in [4.69, 9.17) is 9.26 Å². The molecule has 1 aliphatic heterocycles. The number of carbonyl (C=O) groups excluding carboxylic acids is 2. The minimum atomic E-state index is -0.146. The lowest BCUT2D eigenvalue weighted by Crippen LogP contribution is -2.47. The van der Waals surface area contributed by atoms with Gasteiger partial charge in [0, 0.05) is 25.2 Å². The summed E-state index contributed by atoms with van der Waals surface area (Å²) >= 11 is 0. The van der Waals surface area contributed by atoms with E-state index in [1.165, 1.54) is 0 Å². The van der Waals surface area contributed by atoms with Crippen LogP contribution in [-0.4, -0.2) is 47.6 Å². The van der Waals surface area contributed by atoms with Gasteiger partial charge in [0.05, 0.1) is 0 Å². The molecule has 0 atom stereocenters. The molecule has 2 amide bonds. The van der Waals surface area contributed by atoms with Crippen molar-refractivity contribution < 1.29 is 18.8 Å². The monoisotopic (exact) mass is 371 g/mol. The number of rotatable bonds is 5. The van der Waals surface area contributed by atoms with Gasteiger partial charge in [0.25, 0.3) is 11.8 Å². The zero-order chi connectivity index (χ0) is 19.4. The van der Waals surface area contributed by atoms with Gasteiger partial charge < -0.3 is 19.5 Å². The number of likely N-dealkylation sites (tertiary alicyclic amines) is 1. The van der Waals surface area contributed by atoms with E-state index in [1.807, 2.05) is 32.0 Å². The van der Waals surface area contributed by atoms with Gasteiger partial charge in [-0.25, -0.2) is 0 Å². The number of nitrogens with one attached hydrogen (secondary N) is 1. The second-order valence-corrected chi connectivity index (χ2v) is 7.01. The van der Waals surface area contributed by atoms with Crippen LogP contribution in [0.3, 0.4) is 0 Å². The van der Waals surface area contributed by atoms with Crippen molar-refractivity contribution in [2.75, 3.05) is 19.7 Å². The smallest absolute Gasteiger partial charge is 0.276 e. The van der Waals surface area contributed by atoms with Crippen molar-refractivity contribution in [3.63, 3.8) is 0 Å². The first-order valence-electron chi connectivity index (χ1n) is 9.14. The molecule has 144 valence electrons. The van der Waals surface area contributed by atoms with Crippen LogP contribution in [-0.2, 0) is 4.79 Å². The lowest BCUT2D eigenvalue weighted by Gasteiger charge is -2.31. The number of hydrogen-bond donors (Lipinski definition) is 1. The van der Waals surface area contributed by atoms with E-state index in [-0.39, 0.29) is 24.5 Å². The van der Waals surface area contributed by atoms with Gasteiger partial charge in [0.15, 0.2) is 12.3 Å². The molecular formula is C20H25N3O4. The molecule has 7 heteroatoms. The topological polar surface area (TPSA) is 84.7 Å². The molecule has 1 saturated heterocycles. The molecule has 0 aliphatic carbocycles. The highest BCUT2D eigenvalue weighted by atomic mass is 16.5. The summed E-state index contributed by atoms with van der Waals surface area (Å²) in [5.41, 5.74) is 2.50. The van der Waals surface area contributed by atoms with Crippen LogP contribution in [0.15, 0.2) is 28.8 Å². The van der Waals surface area contributed by atoms with E-state index in [0.29, 0.717) is 37.4 Å². The first-order chi connectivity index (χ1) is 12.9. The highest BCUT2D eigenvalue weighted by molar-refractivity contribution is 5.92. The molecule has 2 heterocycles. The van der Waals surface area contributed by atoms with Crippen LogP contribution >= 0.6 is 0 Å². The van der Waals surface area contributed by atoms with Crippen molar-refractivity contribution in [2.45, 2.75) is 39.7 Å². The Morgan fingerprint density at radius 3 is 2.59 bits per heavy atom. The second kappa shape index (κ2) is 8.24. The standard InChI is InChI=1S/C20H25N3O4/c1-13-4-5-18(14(2)10-13)26-12-19(24)21-16-6-8-23(9-7-16)20(25)17-11-15(3)27-22-17/h4-5,10-11,16H,6-9,12H2,1-3H3,(H,21,24). The zero-order valence-corrected chi connectivity index (χ0v) is 15.9. The molecule has 0 unspecified atom stereocenters. The number of amides is 2. The lowest BCUT2D eigenvalue weighted by molar-refractivity contribution is -0.124. The summed E-state index contributed by atoms with van der Waals surface area (Å²) in [6.45, 7) is 6.88. The molecular weight excluding hydrogens is 346 g/mol. The maximum atomic E-state index is 12.4. The van der Waals surface area contributed by atoms with Crippen molar-refractivity contribution >= 4 is 11.8 Å². The van der Waals surface area contributed by atoms with E-state index in [0.717, 1.165) is 16.9 Å². The molecule has 7 nitrogen and oxygen atoms in total. The summed E-state index contributed by atoms with van der Waals surface area (Å²) in [7, 11) is 0. The molecule has 1 aromatic carbocycles. The molecule has 0 radical (unpaired) electrons. The third kappa shape index (κ3) is 4.87. The van der Waals surface area contributed by atoms with Crippen molar-refractivity contribution in [1.29, 1.82) is 0 Å². The number of piperidine rings is 1. The number of aryl methyl sites for hydroxylation is 3. The Labute approximate surface area is 158 Å². The molecule has 1 aromatic heterocycles. The summed E-state index contributed by atoms with van der Waals surface area (Å²) in [4.78, 5) is 26.3. The minimum Gasteiger partial charge on any atom is -0.484 e. The maximum Gasteiger partial charge on any atom is 0.276 e. The van der Waals surface area contributed by atoms with E-state index in [9.17, 15) is 9.59 Å². The largest absolute Gasteiger partial charge is 0.484 e. The average molecular weight is 371 g/mol. The molecule has 3 rings (SSSR count). The molecule has 0 spiro atoms. The predicted octanol–water partition coefficient (Wildman–Crippen LogP) is 2.40. The molecule has 2 aromatic rings. The fourth-order valence-electron chi connectivity index (χ4n) is 3.23. The highest BCUT2D eigenvalue weighted by Gasteiger charge is 2.26. The minimum absolute atomic E-state index is 0.0126. The Kier molecular flexibility index (Phi) is 5.78. The summed E-state index contributed by atoms with van der Waals surface area (Å²) in [5.74, 6) is 1.06. The Hall–Kier alpha value is -2.83. The Morgan fingerprint density at radius 2 is 1.96 bits per heavy atom. The van der Waals surface area contributed by atoms with Crippen LogP contribution in [0.1, 0.15) is 40.2 Å². The Morgan fingerprint density at radius 1 is 1.22 bits per heavy atom. The summed E-state index contributed by atoms with van der Waals surface area (Å²) in [6.07, 6.45) is 1.41. The fraction of sp³-hybridized carbons (Fsp3) is 0.450. The fourth-order valence-corrected chi connectivity index (χ4v) is 3.23. The molecule has 0 saturated carbocycles. The van der Waals surface area contributed by atoms with Gasteiger partial charge in [-0.05, 0) is 45.2 Å². The average Bonchev–Trinajstić information content (AvgIpc) is 3.07. The maximum absolute atomic E-state index is 12.4. The van der Waals surface area contributed by atoms with E-state index in [1.54, 1.807) is 17.9 Å². The molecule has 27 heavy (non-hydrogen) atoms. The first kappa shape index (κ1) is 18.9. The Bertz CT molecular complexity index is 822. The first-order valence-corrected chi connectivity index (χ1v) is 9.14. The summed E-state index contributed by atoms with van der Waals surface area (Å²) in [5, 5.41) is 6.76. The van der Waals surface area contributed by atoms with Crippen molar-refractivity contribution in [3.8, 4) is 5.75 Å². The van der Waals surface area contributed by atoms with Crippen LogP contribution in [0.2, 0.25) is 0 Å². The Balaban J connectivity index is 1.43. The third-order valence-electron chi connectivity index (χ3n) is 4.68. The third-order valence-corrected chi connectivity index (χ3v) is 4.68. The number of hydrogen-bond acceptors (Lipinski definition) is 5. The van der Waals surface area contributed by atoms with Gasteiger partial charge in [-0.15, -0.1) is 0 Å². The summed E-state index contributed by atoms with van der Waals surface area (Å²) < 4.78 is 10.6. The second-order valence-electron chi connectivity index (χ2n) is 7.01. The van der Waals surface area contributed by atoms with Gasteiger partial charge in [-0.1, -0.05) is 22.9 Å². The predicted molar refractivity (Wildman–Crippen MR) is 99.7 cm³/mol. The van der Waals surface area contributed by atoms with Crippen LogP contribution in [0.25, 0.3) is 0 Å².